The van der Waals surface area contributed by atoms with Crippen molar-refractivity contribution < 1.29 is 46.1 Å². The highest BCUT2D eigenvalue weighted by atomic mass is 19.4. The first kappa shape index (κ1) is 29.3. The number of aliphatic hydroxyl groups excluding tert-OH is 2. The quantitative estimate of drug-likeness (QED) is 0.387. The first-order valence-corrected chi connectivity index (χ1v) is 12.3. The Kier molecular flexibility index (Phi) is 8.03. The number of carbonyl (C=O) groups is 1. The van der Waals surface area contributed by atoms with Crippen molar-refractivity contribution in [3.05, 3.63) is 70.8 Å². The summed E-state index contributed by atoms with van der Waals surface area (Å²) in [4.78, 5) is 14.3. The maximum absolute atomic E-state index is 13.4. The second-order valence-electron chi connectivity index (χ2n) is 9.89. The van der Waals surface area contributed by atoms with Gasteiger partial charge in [0.1, 0.15) is 5.54 Å². The van der Waals surface area contributed by atoms with E-state index in [1.54, 1.807) is 30.3 Å². The second kappa shape index (κ2) is 10.7. The van der Waals surface area contributed by atoms with Crippen molar-refractivity contribution >= 4 is 5.91 Å². The predicted octanol–water partition coefficient (Wildman–Crippen LogP) is 3.52. The Bertz CT molecular complexity index is 1130. The fraction of sp³-hybridized carbons (Fsp3) is 0.500. The maximum atomic E-state index is 13.4. The van der Waals surface area contributed by atoms with E-state index in [0.717, 1.165) is 5.56 Å². The number of piperidine rings is 1. The highest BCUT2D eigenvalue weighted by Gasteiger charge is 2.56. The number of aliphatic hydroxyl groups is 2. The molecule has 4 atom stereocenters. The molecule has 0 aromatic heterocycles. The fourth-order valence-corrected chi connectivity index (χ4v) is 5.28. The van der Waals surface area contributed by atoms with Crippen LogP contribution in [0.2, 0.25) is 0 Å². The Balaban J connectivity index is 1.61. The minimum absolute atomic E-state index is 0.0323. The molecule has 4 rings (SSSR count). The molecule has 39 heavy (non-hydrogen) atoms. The molecule has 2 aromatic carbocycles. The van der Waals surface area contributed by atoms with E-state index in [2.05, 4.69) is 10.6 Å². The van der Waals surface area contributed by atoms with Crippen LogP contribution in [0.25, 0.3) is 0 Å². The molecule has 2 fully saturated rings. The summed E-state index contributed by atoms with van der Waals surface area (Å²) >= 11 is 0. The number of carbonyl (C=O) groups excluding carboxylic acids is 1. The molecule has 2 heterocycles. The predicted molar refractivity (Wildman–Crippen MR) is 127 cm³/mol. The van der Waals surface area contributed by atoms with Crippen molar-refractivity contribution in [3.63, 3.8) is 0 Å². The first-order valence-electron chi connectivity index (χ1n) is 12.3. The molecular weight excluding hydrogens is 532 g/mol. The second-order valence-corrected chi connectivity index (χ2v) is 9.89. The van der Waals surface area contributed by atoms with Crippen LogP contribution in [0.4, 0.5) is 26.3 Å². The lowest BCUT2D eigenvalue weighted by molar-refractivity contribution is -0.143. The van der Waals surface area contributed by atoms with Gasteiger partial charge in [-0.25, -0.2) is 4.90 Å². The van der Waals surface area contributed by atoms with Gasteiger partial charge in [-0.2, -0.15) is 26.3 Å². The molecule has 1 amide bonds. The number of hydrogen-bond donors (Lipinski definition) is 4. The molecule has 1 spiro atoms. The third-order valence-electron chi connectivity index (χ3n) is 7.54. The Morgan fingerprint density at radius 1 is 1.05 bits per heavy atom. The average molecular weight is 562 g/mol. The smallest absolute Gasteiger partial charge is 0.395 e. The number of nitrogens with one attached hydrogen (secondary N) is 2. The van der Waals surface area contributed by atoms with Crippen molar-refractivity contribution in [2.45, 2.75) is 55.7 Å². The van der Waals surface area contributed by atoms with E-state index < -0.39 is 52.9 Å². The molecule has 2 saturated heterocycles. The van der Waals surface area contributed by atoms with Gasteiger partial charge < -0.3 is 25.6 Å². The van der Waals surface area contributed by atoms with Gasteiger partial charge in [0.2, 0.25) is 5.91 Å². The number of amides is 1. The number of ether oxygens (including phenoxy) is 1. The average Bonchev–Trinajstić information content (AvgIpc) is 3.11. The van der Waals surface area contributed by atoms with E-state index in [9.17, 15) is 41.4 Å². The first-order chi connectivity index (χ1) is 18.2. The summed E-state index contributed by atoms with van der Waals surface area (Å²) in [6, 6.07) is 10.3. The number of halogens is 6. The number of rotatable bonds is 7. The zero-order chi connectivity index (χ0) is 28.6. The van der Waals surface area contributed by atoms with E-state index >= 15 is 0 Å². The molecule has 2 aromatic rings. The van der Waals surface area contributed by atoms with Gasteiger partial charge in [-0.05, 0) is 49.1 Å². The summed E-state index contributed by atoms with van der Waals surface area (Å²) in [5, 5.41) is 25.5. The van der Waals surface area contributed by atoms with Gasteiger partial charge in [0.15, 0.2) is 6.35 Å². The third-order valence-corrected chi connectivity index (χ3v) is 7.54. The van der Waals surface area contributed by atoms with Gasteiger partial charge in [-0.3, -0.25) is 4.79 Å². The van der Waals surface area contributed by atoms with Crippen LogP contribution < -0.4 is 10.6 Å². The van der Waals surface area contributed by atoms with Crippen molar-refractivity contribution in [2.75, 3.05) is 26.3 Å². The summed E-state index contributed by atoms with van der Waals surface area (Å²) in [6.07, 6.45) is -11.9. The zero-order valence-electron chi connectivity index (χ0n) is 20.9. The molecule has 2 aliphatic heterocycles. The molecule has 0 radical (unpaired) electrons. The Morgan fingerprint density at radius 2 is 1.67 bits per heavy atom. The molecule has 2 aliphatic rings. The molecule has 7 nitrogen and oxygen atoms in total. The van der Waals surface area contributed by atoms with E-state index in [1.165, 1.54) is 11.8 Å². The molecule has 0 saturated carbocycles. The normalized spacial score (nSPS) is 27.1. The number of β-amino-alcohol motifs (C(OH)–C–C–N with tert-alkyl or cyclic N) is 1. The van der Waals surface area contributed by atoms with Gasteiger partial charge in [-0.1, -0.05) is 30.3 Å². The number of alkyl halides is 6. The lowest BCUT2D eigenvalue weighted by Gasteiger charge is -2.48. The minimum Gasteiger partial charge on any atom is -0.395 e. The van der Waals surface area contributed by atoms with E-state index in [1.807, 2.05) is 0 Å². The van der Waals surface area contributed by atoms with Crippen LogP contribution in [0.1, 0.15) is 48.1 Å². The molecule has 0 aliphatic carbocycles. The number of hydrogen-bond acceptors (Lipinski definition) is 6. The Hall–Kier alpha value is -2.71. The summed E-state index contributed by atoms with van der Waals surface area (Å²) in [5.74, 6) is -0.421. The van der Waals surface area contributed by atoms with Gasteiger partial charge >= 0.3 is 12.4 Å². The monoisotopic (exact) mass is 561 g/mol. The molecule has 13 heteroatoms. The molecule has 0 bridgehead atoms. The van der Waals surface area contributed by atoms with E-state index in [4.69, 9.17) is 4.74 Å². The molecule has 4 N–H and O–H groups in total. The van der Waals surface area contributed by atoms with Crippen LogP contribution in [0, 0.1) is 0 Å². The molecular formula is C26H29F6N3O4. The SMILES string of the molecule is C[C@@H](OC[C@@]1(c2ccccc2)CCC2(CN1)C(=O)NC(O)N2CCO)c1cc(C(F)(F)F)cc(C(F)(F)F)c1. The molecule has 2 unspecified atom stereocenters. The highest BCUT2D eigenvalue weighted by Crippen LogP contribution is 2.41. The van der Waals surface area contributed by atoms with Crippen LogP contribution >= 0.6 is 0 Å². The van der Waals surface area contributed by atoms with Gasteiger partial charge in [-0.15, -0.1) is 0 Å². The van der Waals surface area contributed by atoms with Crippen LogP contribution in [0.3, 0.4) is 0 Å². The van der Waals surface area contributed by atoms with Gasteiger partial charge in [0.05, 0.1) is 36.0 Å². The van der Waals surface area contributed by atoms with E-state index in [-0.39, 0.29) is 50.8 Å². The Morgan fingerprint density at radius 3 is 2.18 bits per heavy atom. The lowest BCUT2D eigenvalue weighted by atomic mass is 9.75. The van der Waals surface area contributed by atoms with Crippen LogP contribution in [-0.4, -0.2) is 59.2 Å². The number of nitrogens with zero attached hydrogens (tertiary/aromatic N) is 1. The third kappa shape index (κ3) is 5.78. The summed E-state index contributed by atoms with van der Waals surface area (Å²) < 4.78 is 86.1. The fourth-order valence-electron chi connectivity index (χ4n) is 5.28. The zero-order valence-corrected chi connectivity index (χ0v) is 20.9. The van der Waals surface area contributed by atoms with Crippen molar-refractivity contribution in [1.29, 1.82) is 0 Å². The minimum atomic E-state index is -4.98. The lowest BCUT2D eigenvalue weighted by Crippen LogP contribution is -2.65. The largest absolute Gasteiger partial charge is 0.416 e. The standard InChI is InChI=1S/C26H29F6N3O4/c1-16(17-11-19(25(27,28)29)13-20(12-17)26(30,31)32)39-15-23(18-5-3-2-4-6-18)7-8-24(14-33-23)21(37)34-22(38)35(24)9-10-36/h2-6,11-13,16,22,33,36,38H,7-10,14-15H2,1H3,(H,34,37)/t16-,22?,23-,24?/m1/s1. The van der Waals surface area contributed by atoms with Crippen molar-refractivity contribution in [3.8, 4) is 0 Å². The maximum Gasteiger partial charge on any atom is 0.416 e. The summed E-state index contributed by atoms with van der Waals surface area (Å²) in [6.45, 7) is 1.03. The van der Waals surface area contributed by atoms with Crippen LogP contribution in [-0.2, 0) is 27.4 Å². The Labute approximate surface area is 220 Å². The van der Waals surface area contributed by atoms with Gasteiger partial charge in [0, 0.05) is 13.1 Å². The van der Waals surface area contributed by atoms with Crippen LogP contribution in [0.5, 0.6) is 0 Å². The summed E-state index contributed by atoms with van der Waals surface area (Å²) in [5.41, 5.74) is -4.47. The topological polar surface area (TPSA) is 94.1 Å². The van der Waals surface area contributed by atoms with Crippen molar-refractivity contribution in [1.82, 2.24) is 15.5 Å². The number of benzene rings is 2. The summed E-state index contributed by atoms with van der Waals surface area (Å²) in [7, 11) is 0. The molecule has 214 valence electrons. The van der Waals surface area contributed by atoms with Crippen LogP contribution in [0.15, 0.2) is 48.5 Å². The van der Waals surface area contributed by atoms with Crippen molar-refractivity contribution in [2.24, 2.45) is 0 Å². The van der Waals surface area contributed by atoms with E-state index in [0.29, 0.717) is 12.1 Å². The highest BCUT2D eigenvalue weighted by molar-refractivity contribution is 5.89. The van der Waals surface area contributed by atoms with Gasteiger partial charge in [0.25, 0.3) is 0 Å².